The van der Waals surface area contributed by atoms with Gasteiger partial charge in [0.25, 0.3) is 0 Å². The van der Waals surface area contributed by atoms with Crippen molar-refractivity contribution < 1.29 is 43.9 Å². The molecule has 2 aliphatic rings. The summed E-state index contributed by atoms with van der Waals surface area (Å²) in [5.41, 5.74) is 5.30. The minimum absolute atomic E-state index is 0.159. The van der Waals surface area contributed by atoms with Crippen molar-refractivity contribution in [3.63, 3.8) is 0 Å². The summed E-state index contributed by atoms with van der Waals surface area (Å²) in [6.45, 7) is 14.7. The van der Waals surface area contributed by atoms with Gasteiger partial charge in [0.15, 0.2) is 6.29 Å². The van der Waals surface area contributed by atoms with Crippen LogP contribution < -0.4 is 5.73 Å². The van der Waals surface area contributed by atoms with Crippen LogP contribution in [0, 0.1) is 41.4 Å². The molecule has 5 N–H and O–H groups in total. The summed E-state index contributed by atoms with van der Waals surface area (Å²) in [4.78, 5) is 23.6. The Morgan fingerprint density at radius 1 is 1.14 bits per heavy atom. The van der Waals surface area contributed by atoms with Crippen LogP contribution in [0.5, 0.6) is 0 Å². The van der Waals surface area contributed by atoms with Crippen molar-refractivity contribution in [2.45, 2.75) is 97.3 Å². The molecule has 0 saturated carbocycles. The number of hydrogen-bond donors (Lipinski definition) is 4. The zero-order valence-corrected chi connectivity index (χ0v) is 26.6. The van der Waals surface area contributed by atoms with Crippen LogP contribution in [-0.4, -0.2) is 77.4 Å². The number of aliphatic hydroxyl groups is 3. The largest absolute Gasteiger partial charge is 0.462 e. The number of nitrogens with two attached hydrogens (primary N) is 1. The summed E-state index contributed by atoms with van der Waals surface area (Å²) >= 11 is 0. The van der Waals surface area contributed by atoms with Crippen molar-refractivity contribution in [1.82, 2.24) is 0 Å². The molecular formula is C33H53NO9. The van der Waals surface area contributed by atoms with Crippen LogP contribution in [0.2, 0.25) is 0 Å². The average molecular weight is 608 g/mol. The second-order valence-electron chi connectivity index (χ2n) is 12.3. The monoisotopic (exact) mass is 607 g/mol. The van der Waals surface area contributed by atoms with Crippen molar-refractivity contribution >= 4 is 12.1 Å². The Hall–Kier alpha value is -2.50. The highest BCUT2D eigenvalue weighted by molar-refractivity contribution is 5.73. The SMILES string of the molecule is C=C/C=C\[C@H](C)[C@H](OC(N)=O)[C@@H](C)C(O)[C@@H](C)C/C=C\[C@H](C)[C@@H](O)[C@@H]1C=C[C@H](C[C@@H]2OC(=O)[C@H](C)[C@@H](O)C2C)OC1OC. The van der Waals surface area contributed by atoms with Gasteiger partial charge in [0.1, 0.15) is 12.2 Å². The quantitative estimate of drug-likeness (QED) is 0.123. The number of primary amides is 1. The third-order valence-electron chi connectivity index (χ3n) is 8.99. The summed E-state index contributed by atoms with van der Waals surface area (Å²) in [5.74, 6) is -2.62. The Balaban J connectivity index is 1.98. The van der Waals surface area contributed by atoms with Gasteiger partial charge in [-0.1, -0.05) is 83.7 Å². The summed E-state index contributed by atoms with van der Waals surface area (Å²) in [6.07, 6.45) is 8.28. The van der Waals surface area contributed by atoms with Gasteiger partial charge >= 0.3 is 12.1 Å². The lowest BCUT2D eigenvalue weighted by Gasteiger charge is -2.40. The van der Waals surface area contributed by atoms with E-state index in [0.29, 0.717) is 12.8 Å². The first-order valence-electron chi connectivity index (χ1n) is 15.3. The van der Waals surface area contributed by atoms with Crippen LogP contribution in [0.4, 0.5) is 4.79 Å². The molecule has 14 atom stereocenters. The van der Waals surface area contributed by atoms with E-state index in [-0.39, 0.29) is 29.6 Å². The fraction of sp³-hybridized carbons (Fsp3) is 0.697. The second-order valence-corrected chi connectivity index (χ2v) is 12.3. The van der Waals surface area contributed by atoms with Gasteiger partial charge in [-0.05, 0) is 19.3 Å². The minimum Gasteiger partial charge on any atom is -0.462 e. The van der Waals surface area contributed by atoms with Crippen molar-refractivity contribution in [3.8, 4) is 0 Å². The van der Waals surface area contributed by atoms with Gasteiger partial charge in [0, 0.05) is 37.2 Å². The highest BCUT2D eigenvalue weighted by atomic mass is 16.7. The number of esters is 1. The van der Waals surface area contributed by atoms with Gasteiger partial charge in [-0.3, -0.25) is 4.79 Å². The number of amides is 1. The molecule has 0 aromatic heterocycles. The van der Waals surface area contributed by atoms with E-state index < -0.39 is 66.8 Å². The number of carbonyl (C=O) groups is 2. The number of hydrogen-bond acceptors (Lipinski definition) is 9. The second kappa shape index (κ2) is 17.1. The van der Waals surface area contributed by atoms with E-state index in [1.165, 1.54) is 7.11 Å². The molecule has 244 valence electrons. The van der Waals surface area contributed by atoms with E-state index in [0.717, 1.165) is 0 Å². The number of aliphatic hydroxyl groups excluding tert-OH is 3. The van der Waals surface area contributed by atoms with Gasteiger partial charge in [-0.2, -0.15) is 0 Å². The van der Waals surface area contributed by atoms with Crippen LogP contribution in [-0.2, 0) is 23.7 Å². The molecule has 0 aromatic carbocycles. The standard InChI is InChI=1S/C33H53NO9/c1-9-10-12-20(4)30(43-33(34)39)22(6)27(35)18(2)13-11-14-19(3)28(36)25-16-15-24(41-32(25)40-8)17-26-21(5)29(37)23(7)31(38)42-26/h9-12,14-16,18-30,32,35-37H,1,13,17H2,2-8H3,(H2,34,39)/b12-10-,14-11-/t18-,19-,20-,21?,22-,23+,24+,25-,26-,27?,28+,29-,30-,32?/m0/s1. The zero-order valence-electron chi connectivity index (χ0n) is 26.6. The van der Waals surface area contributed by atoms with E-state index in [2.05, 4.69) is 6.58 Å². The number of allylic oxidation sites excluding steroid dienone is 3. The first kappa shape index (κ1) is 36.7. The number of ether oxygens (including phenoxy) is 4. The van der Waals surface area contributed by atoms with Crippen molar-refractivity contribution in [2.24, 2.45) is 47.2 Å². The lowest BCUT2D eigenvalue weighted by molar-refractivity contribution is -0.205. The minimum atomic E-state index is -0.889. The third kappa shape index (κ3) is 10.0. The fourth-order valence-electron chi connectivity index (χ4n) is 5.96. The molecule has 3 unspecified atom stereocenters. The Kier molecular flexibility index (Phi) is 14.6. The van der Waals surface area contributed by atoms with Crippen LogP contribution in [0.1, 0.15) is 54.4 Å². The Morgan fingerprint density at radius 3 is 2.42 bits per heavy atom. The molecule has 2 heterocycles. The summed E-state index contributed by atoms with van der Waals surface area (Å²) in [6, 6.07) is 0. The molecule has 2 aliphatic heterocycles. The molecule has 43 heavy (non-hydrogen) atoms. The summed E-state index contributed by atoms with van der Waals surface area (Å²) in [7, 11) is 1.52. The van der Waals surface area contributed by atoms with E-state index in [1.54, 1.807) is 19.1 Å². The molecule has 1 fully saturated rings. The topological polar surface area (TPSA) is 158 Å². The third-order valence-corrected chi connectivity index (χ3v) is 8.99. The molecule has 10 nitrogen and oxygen atoms in total. The Bertz CT molecular complexity index is 997. The van der Waals surface area contributed by atoms with Crippen LogP contribution in [0.3, 0.4) is 0 Å². The van der Waals surface area contributed by atoms with Crippen molar-refractivity contribution in [3.05, 3.63) is 49.1 Å². The maximum absolute atomic E-state index is 12.1. The molecule has 1 saturated heterocycles. The highest BCUT2D eigenvalue weighted by Crippen LogP contribution is 2.33. The van der Waals surface area contributed by atoms with E-state index in [4.69, 9.17) is 24.7 Å². The lowest BCUT2D eigenvalue weighted by atomic mass is 9.82. The van der Waals surface area contributed by atoms with Gasteiger partial charge < -0.3 is 40.0 Å². The fourth-order valence-corrected chi connectivity index (χ4v) is 5.96. The predicted octanol–water partition coefficient (Wildman–Crippen LogP) is 3.90. The zero-order chi connectivity index (χ0) is 32.4. The number of rotatable bonds is 15. The summed E-state index contributed by atoms with van der Waals surface area (Å²) in [5, 5.41) is 32.6. The molecule has 1 amide bonds. The average Bonchev–Trinajstić information content (AvgIpc) is 2.98. The first-order valence-corrected chi connectivity index (χ1v) is 15.3. The van der Waals surface area contributed by atoms with Gasteiger partial charge in [0.05, 0.1) is 36.3 Å². The normalized spacial score (nSPS) is 32.9. The van der Waals surface area contributed by atoms with Gasteiger partial charge in [0.2, 0.25) is 0 Å². The maximum Gasteiger partial charge on any atom is 0.404 e. The van der Waals surface area contributed by atoms with Gasteiger partial charge in [-0.25, -0.2) is 4.79 Å². The predicted molar refractivity (Wildman–Crippen MR) is 163 cm³/mol. The smallest absolute Gasteiger partial charge is 0.404 e. The van der Waals surface area contributed by atoms with Crippen molar-refractivity contribution in [1.29, 1.82) is 0 Å². The number of methoxy groups -OCH3 is 1. The van der Waals surface area contributed by atoms with Crippen LogP contribution >= 0.6 is 0 Å². The number of cyclic esters (lactones) is 1. The molecule has 0 aliphatic carbocycles. The molecular weight excluding hydrogens is 554 g/mol. The molecule has 0 radical (unpaired) electrons. The van der Waals surface area contributed by atoms with E-state index in [1.807, 2.05) is 65.0 Å². The Labute approximate surface area is 256 Å². The number of carbonyl (C=O) groups excluding carboxylic acids is 2. The van der Waals surface area contributed by atoms with Crippen LogP contribution in [0.25, 0.3) is 0 Å². The first-order chi connectivity index (χ1) is 20.2. The van der Waals surface area contributed by atoms with E-state index >= 15 is 0 Å². The molecule has 2 rings (SSSR count). The van der Waals surface area contributed by atoms with Crippen LogP contribution in [0.15, 0.2) is 49.1 Å². The Morgan fingerprint density at radius 2 is 1.81 bits per heavy atom. The van der Waals surface area contributed by atoms with E-state index in [9.17, 15) is 24.9 Å². The molecule has 0 bridgehead atoms. The maximum atomic E-state index is 12.1. The van der Waals surface area contributed by atoms with Crippen molar-refractivity contribution in [2.75, 3.05) is 7.11 Å². The highest BCUT2D eigenvalue weighted by Gasteiger charge is 2.42. The summed E-state index contributed by atoms with van der Waals surface area (Å²) < 4.78 is 22.6. The lowest BCUT2D eigenvalue weighted by Crippen LogP contribution is -2.49. The molecule has 0 aromatic rings. The van der Waals surface area contributed by atoms with Gasteiger partial charge in [-0.15, -0.1) is 0 Å². The molecule has 10 heteroatoms. The molecule has 0 spiro atoms.